The third-order valence-corrected chi connectivity index (χ3v) is 2.93. The average molecular weight is 346 g/mol. The summed E-state index contributed by atoms with van der Waals surface area (Å²) in [4.78, 5) is 34.5. The number of anilines is 1. The average Bonchev–Trinajstić information content (AvgIpc) is 3.07. The molecule has 24 heavy (non-hydrogen) atoms. The fourth-order valence-corrected chi connectivity index (χ4v) is 1.84. The zero-order valence-electron chi connectivity index (χ0n) is 12.6. The van der Waals surface area contributed by atoms with Crippen LogP contribution in [0.1, 0.15) is 27.8 Å². The number of hydrogen-bond acceptors (Lipinski definition) is 5. The van der Waals surface area contributed by atoms with Crippen LogP contribution in [-0.4, -0.2) is 22.8 Å². The maximum absolute atomic E-state index is 11.9. The molecule has 0 unspecified atom stereocenters. The summed E-state index contributed by atoms with van der Waals surface area (Å²) in [5, 5.41) is 4.85. The van der Waals surface area contributed by atoms with Crippen molar-refractivity contribution in [1.29, 1.82) is 0 Å². The Hall–Kier alpha value is -3.20. The van der Waals surface area contributed by atoms with Gasteiger partial charge in [0.2, 0.25) is 5.91 Å². The first-order valence-electron chi connectivity index (χ1n) is 6.78. The van der Waals surface area contributed by atoms with Crippen molar-refractivity contribution < 1.29 is 18.8 Å². The minimum absolute atomic E-state index is 0.0837. The molecular formula is C15H14N4O4S. The minimum atomic E-state index is -0.536. The maximum atomic E-state index is 11.9. The molecule has 0 bridgehead atoms. The molecule has 9 heteroatoms. The van der Waals surface area contributed by atoms with Crippen molar-refractivity contribution in [2.24, 2.45) is 0 Å². The van der Waals surface area contributed by atoms with Crippen LogP contribution in [-0.2, 0) is 4.79 Å². The second-order valence-corrected chi connectivity index (χ2v) is 5.01. The van der Waals surface area contributed by atoms with Gasteiger partial charge in [0.05, 0.1) is 6.26 Å². The molecule has 0 atom stereocenters. The van der Waals surface area contributed by atoms with Crippen molar-refractivity contribution in [3.8, 4) is 0 Å². The van der Waals surface area contributed by atoms with Gasteiger partial charge in [-0.05, 0) is 48.6 Å². The van der Waals surface area contributed by atoms with Gasteiger partial charge in [0, 0.05) is 18.2 Å². The van der Waals surface area contributed by atoms with Crippen LogP contribution < -0.4 is 21.5 Å². The smallest absolute Gasteiger partial charge is 0.293 e. The van der Waals surface area contributed by atoms with Gasteiger partial charge in [-0.25, -0.2) is 0 Å². The summed E-state index contributed by atoms with van der Waals surface area (Å²) in [7, 11) is 0. The predicted molar refractivity (Wildman–Crippen MR) is 90.1 cm³/mol. The molecule has 3 amide bonds. The Labute approximate surface area is 142 Å². The summed E-state index contributed by atoms with van der Waals surface area (Å²) >= 11 is 4.89. The molecular weight excluding hydrogens is 332 g/mol. The molecule has 0 radical (unpaired) electrons. The van der Waals surface area contributed by atoms with Crippen molar-refractivity contribution >= 4 is 40.7 Å². The van der Waals surface area contributed by atoms with Gasteiger partial charge in [-0.2, -0.15) is 0 Å². The van der Waals surface area contributed by atoms with Gasteiger partial charge in [-0.1, -0.05) is 0 Å². The monoisotopic (exact) mass is 346 g/mol. The van der Waals surface area contributed by atoms with Crippen molar-refractivity contribution in [2.45, 2.75) is 6.92 Å². The van der Waals surface area contributed by atoms with E-state index in [1.54, 1.807) is 18.2 Å². The Bertz CT molecular complexity index is 756. The van der Waals surface area contributed by atoms with E-state index in [-0.39, 0.29) is 16.8 Å². The minimum Gasteiger partial charge on any atom is -0.459 e. The molecule has 8 nitrogen and oxygen atoms in total. The summed E-state index contributed by atoms with van der Waals surface area (Å²) in [6.45, 7) is 1.39. The molecule has 0 aliphatic rings. The second-order valence-electron chi connectivity index (χ2n) is 4.60. The van der Waals surface area contributed by atoms with E-state index in [0.717, 1.165) is 0 Å². The van der Waals surface area contributed by atoms with E-state index in [4.69, 9.17) is 16.6 Å². The number of rotatable bonds is 3. The number of benzene rings is 1. The van der Waals surface area contributed by atoms with Crippen LogP contribution in [0.5, 0.6) is 0 Å². The summed E-state index contributed by atoms with van der Waals surface area (Å²) in [6.07, 6.45) is 1.36. The number of carbonyl (C=O) groups is 3. The number of hydrazine groups is 1. The molecule has 0 saturated heterocycles. The van der Waals surface area contributed by atoms with Gasteiger partial charge in [0.15, 0.2) is 10.9 Å². The van der Waals surface area contributed by atoms with Crippen LogP contribution in [0.2, 0.25) is 0 Å². The Kier molecular flexibility index (Phi) is 5.63. The van der Waals surface area contributed by atoms with Gasteiger partial charge in [0.25, 0.3) is 11.8 Å². The molecule has 0 aliphatic heterocycles. The number of amides is 3. The van der Waals surface area contributed by atoms with E-state index in [9.17, 15) is 14.4 Å². The molecule has 0 aliphatic carbocycles. The highest BCUT2D eigenvalue weighted by atomic mass is 32.1. The Balaban J connectivity index is 1.82. The standard InChI is InChI=1S/C15H14N4O4S/c1-9(20)16-11-6-4-10(5-7-11)13(21)18-19-15(24)17-14(22)12-3-2-8-23-12/h2-8H,1H3,(H,16,20)(H,18,21)(H2,17,19,22,24). The Morgan fingerprint density at radius 3 is 2.29 bits per heavy atom. The molecule has 1 heterocycles. The Morgan fingerprint density at radius 2 is 1.71 bits per heavy atom. The molecule has 2 rings (SSSR count). The van der Waals surface area contributed by atoms with Gasteiger partial charge >= 0.3 is 0 Å². The van der Waals surface area contributed by atoms with E-state index in [1.165, 1.54) is 31.4 Å². The normalized spacial score (nSPS) is 9.71. The van der Waals surface area contributed by atoms with Crippen molar-refractivity contribution in [1.82, 2.24) is 16.2 Å². The molecule has 0 fully saturated rings. The van der Waals surface area contributed by atoms with Crippen LogP contribution in [0.15, 0.2) is 47.1 Å². The van der Waals surface area contributed by atoms with Gasteiger partial charge in [0.1, 0.15) is 0 Å². The van der Waals surface area contributed by atoms with Crippen LogP contribution in [0.25, 0.3) is 0 Å². The Morgan fingerprint density at radius 1 is 1.00 bits per heavy atom. The van der Waals surface area contributed by atoms with Gasteiger partial charge in [-0.15, -0.1) is 0 Å². The second kappa shape index (κ2) is 7.88. The summed E-state index contributed by atoms with van der Waals surface area (Å²) in [5.41, 5.74) is 5.68. The number of hydrogen-bond donors (Lipinski definition) is 4. The third kappa shape index (κ3) is 4.92. The topological polar surface area (TPSA) is 112 Å². The zero-order chi connectivity index (χ0) is 17.5. The highest BCUT2D eigenvalue weighted by molar-refractivity contribution is 7.80. The predicted octanol–water partition coefficient (Wildman–Crippen LogP) is 1.19. The van der Waals surface area contributed by atoms with E-state index >= 15 is 0 Å². The van der Waals surface area contributed by atoms with Crippen molar-refractivity contribution in [3.05, 3.63) is 54.0 Å². The molecule has 0 saturated carbocycles. The summed E-state index contributed by atoms with van der Waals surface area (Å²) in [5.74, 6) is -1.10. The molecule has 2 aromatic rings. The number of carbonyl (C=O) groups excluding carboxylic acids is 3. The van der Waals surface area contributed by atoms with E-state index in [1.807, 2.05) is 0 Å². The fourth-order valence-electron chi connectivity index (χ4n) is 1.70. The van der Waals surface area contributed by atoms with Crippen molar-refractivity contribution in [2.75, 3.05) is 5.32 Å². The lowest BCUT2D eigenvalue weighted by Crippen LogP contribution is -2.48. The molecule has 124 valence electrons. The maximum Gasteiger partial charge on any atom is 0.293 e. The number of thiocarbonyl (C=S) groups is 1. The lowest BCUT2D eigenvalue weighted by Gasteiger charge is -2.10. The SMILES string of the molecule is CC(=O)Nc1ccc(C(=O)NNC(=S)NC(=O)c2ccco2)cc1. The summed E-state index contributed by atoms with van der Waals surface area (Å²) < 4.78 is 4.91. The zero-order valence-corrected chi connectivity index (χ0v) is 13.4. The third-order valence-electron chi connectivity index (χ3n) is 2.73. The number of furan rings is 1. The first-order chi connectivity index (χ1) is 11.5. The van der Waals surface area contributed by atoms with Crippen LogP contribution in [0.3, 0.4) is 0 Å². The largest absolute Gasteiger partial charge is 0.459 e. The summed E-state index contributed by atoms with van der Waals surface area (Å²) in [6, 6.07) is 9.30. The molecule has 1 aromatic heterocycles. The lowest BCUT2D eigenvalue weighted by molar-refractivity contribution is -0.114. The molecule has 0 spiro atoms. The van der Waals surface area contributed by atoms with Gasteiger partial charge in [-0.3, -0.25) is 30.6 Å². The molecule has 1 aromatic carbocycles. The number of nitrogens with one attached hydrogen (secondary N) is 4. The lowest BCUT2D eigenvalue weighted by atomic mass is 10.2. The van der Waals surface area contributed by atoms with Crippen molar-refractivity contribution in [3.63, 3.8) is 0 Å². The quantitative estimate of drug-likeness (QED) is 0.490. The highest BCUT2D eigenvalue weighted by Gasteiger charge is 2.11. The van der Waals surface area contributed by atoms with Crippen LogP contribution in [0.4, 0.5) is 5.69 Å². The van der Waals surface area contributed by atoms with E-state index in [0.29, 0.717) is 11.3 Å². The first kappa shape index (κ1) is 17.2. The van der Waals surface area contributed by atoms with E-state index in [2.05, 4.69) is 21.5 Å². The van der Waals surface area contributed by atoms with E-state index < -0.39 is 11.8 Å². The van der Waals surface area contributed by atoms with Crippen LogP contribution in [0, 0.1) is 0 Å². The fraction of sp³-hybridized carbons (Fsp3) is 0.0667. The first-order valence-corrected chi connectivity index (χ1v) is 7.19. The highest BCUT2D eigenvalue weighted by Crippen LogP contribution is 2.09. The van der Waals surface area contributed by atoms with Crippen LogP contribution >= 0.6 is 12.2 Å². The van der Waals surface area contributed by atoms with Gasteiger partial charge < -0.3 is 9.73 Å². The molecule has 4 N–H and O–H groups in total.